The summed E-state index contributed by atoms with van der Waals surface area (Å²) in [5, 5.41) is 0. The number of alkyl halides is 2. The summed E-state index contributed by atoms with van der Waals surface area (Å²) in [4.78, 5) is 0. The standard InChI is InChI=1S/C5H11F2NO2S/c1-11(9,10)4-5(6,7)2-3-8/h2-4,8H2,1H3. The quantitative estimate of drug-likeness (QED) is 0.674. The lowest BCUT2D eigenvalue weighted by atomic mass is 10.3. The van der Waals surface area contributed by atoms with Crippen molar-refractivity contribution in [2.75, 3.05) is 18.6 Å². The highest BCUT2D eigenvalue weighted by molar-refractivity contribution is 7.90. The fourth-order valence-electron chi connectivity index (χ4n) is 0.667. The number of hydrogen-bond donors (Lipinski definition) is 1. The Labute approximate surface area is 64.5 Å². The number of halogens is 2. The summed E-state index contributed by atoms with van der Waals surface area (Å²) in [6.45, 7) is -0.206. The van der Waals surface area contributed by atoms with E-state index in [-0.39, 0.29) is 6.54 Å². The van der Waals surface area contributed by atoms with Crippen LogP contribution in [0.4, 0.5) is 8.78 Å². The van der Waals surface area contributed by atoms with Crippen molar-refractivity contribution in [2.24, 2.45) is 5.73 Å². The summed E-state index contributed by atoms with van der Waals surface area (Å²) in [5.41, 5.74) is 4.86. The molecule has 0 saturated heterocycles. The predicted octanol–water partition coefficient (Wildman–Crippen LogP) is 0.0151. The molecule has 0 amide bonds. The highest BCUT2D eigenvalue weighted by Crippen LogP contribution is 2.18. The van der Waals surface area contributed by atoms with Gasteiger partial charge in [0.05, 0.1) is 0 Å². The van der Waals surface area contributed by atoms with Crippen molar-refractivity contribution < 1.29 is 17.2 Å². The largest absolute Gasteiger partial charge is 0.330 e. The minimum absolute atomic E-state index is 0.206. The van der Waals surface area contributed by atoms with Gasteiger partial charge in [0.2, 0.25) is 0 Å². The highest BCUT2D eigenvalue weighted by Gasteiger charge is 2.32. The molecule has 0 aromatic carbocycles. The van der Waals surface area contributed by atoms with Crippen LogP contribution in [0.5, 0.6) is 0 Å². The average Bonchev–Trinajstić information content (AvgIpc) is 1.55. The second kappa shape index (κ2) is 3.44. The SMILES string of the molecule is CS(=O)(=O)CC(F)(F)CCN. The molecule has 0 fully saturated rings. The van der Waals surface area contributed by atoms with Crippen LogP contribution in [-0.4, -0.2) is 32.9 Å². The van der Waals surface area contributed by atoms with Gasteiger partial charge in [-0.3, -0.25) is 0 Å². The third-order valence-electron chi connectivity index (χ3n) is 0.983. The van der Waals surface area contributed by atoms with E-state index in [9.17, 15) is 17.2 Å². The van der Waals surface area contributed by atoms with Gasteiger partial charge in [0.1, 0.15) is 5.75 Å². The van der Waals surface area contributed by atoms with E-state index in [1.54, 1.807) is 0 Å². The molecule has 0 unspecified atom stereocenters. The fourth-order valence-corrected chi connectivity index (χ4v) is 1.58. The first kappa shape index (κ1) is 10.8. The molecule has 0 aromatic heterocycles. The molecule has 0 rings (SSSR count). The van der Waals surface area contributed by atoms with Crippen molar-refractivity contribution in [1.82, 2.24) is 0 Å². The van der Waals surface area contributed by atoms with Crippen molar-refractivity contribution in [2.45, 2.75) is 12.3 Å². The minimum Gasteiger partial charge on any atom is -0.330 e. The van der Waals surface area contributed by atoms with E-state index in [0.717, 1.165) is 6.26 Å². The van der Waals surface area contributed by atoms with Crippen LogP contribution in [0.15, 0.2) is 0 Å². The molecule has 2 N–H and O–H groups in total. The molecule has 0 aliphatic rings. The first-order valence-electron chi connectivity index (χ1n) is 3.02. The summed E-state index contributed by atoms with van der Waals surface area (Å²) < 4.78 is 45.7. The van der Waals surface area contributed by atoms with E-state index >= 15 is 0 Å². The lowest BCUT2D eigenvalue weighted by Gasteiger charge is -2.12. The van der Waals surface area contributed by atoms with Crippen LogP contribution in [0.1, 0.15) is 6.42 Å². The Morgan fingerprint density at radius 2 is 1.91 bits per heavy atom. The maximum absolute atomic E-state index is 12.5. The number of nitrogens with two attached hydrogens (primary N) is 1. The van der Waals surface area contributed by atoms with E-state index in [0.29, 0.717) is 0 Å². The number of sulfone groups is 1. The first-order valence-corrected chi connectivity index (χ1v) is 5.08. The third-order valence-corrected chi connectivity index (χ3v) is 1.93. The second-order valence-electron chi connectivity index (χ2n) is 2.46. The van der Waals surface area contributed by atoms with Crippen molar-refractivity contribution in [3.63, 3.8) is 0 Å². The zero-order chi connectivity index (χ0) is 9.12. The molecular formula is C5H11F2NO2S. The molecule has 0 heterocycles. The molecule has 0 radical (unpaired) electrons. The average molecular weight is 187 g/mol. The Balaban J connectivity index is 4.13. The van der Waals surface area contributed by atoms with Crippen LogP contribution in [0.25, 0.3) is 0 Å². The summed E-state index contributed by atoms with van der Waals surface area (Å²) in [6, 6.07) is 0. The van der Waals surface area contributed by atoms with Gasteiger partial charge in [0.25, 0.3) is 5.92 Å². The zero-order valence-corrected chi connectivity index (χ0v) is 7.00. The minimum atomic E-state index is -3.61. The van der Waals surface area contributed by atoms with Crippen LogP contribution in [-0.2, 0) is 9.84 Å². The van der Waals surface area contributed by atoms with Gasteiger partial charge in [-0.25, -0.2) is 17.2 Å². The molecule has 3 nitrogen and oxygen atoms in total. The maximum atomic E-state index is 12.5. The molecule has 68 valence electrons. The van der Waals surface area contributed by atoms with E-state index in [2.05, 4.69) is 0 Å². The molecule has 11 heavy (non-hydrogen) atoms. The molecule has 0 saturated carbocycles. The van der Waals surface area contributed by atoms with Crippen molar-refractivity contribution in [1.29, 1.82) is 0 Å². The Bertz CT molecular complexity index is 213. The number of hydrogen-bond acceptors (Lipinski definition) is 3. The summed E-state index contributed by atoms with van der Waals surface area (Å²) in [7, 11) is -3.61. The van der Waals surface area contributed by atoms with Crippen LogP contribution < -0.4 is 5.73 Å². The van der Waals surface area contributed by atoms with Gasteiger partial charge in [-0.15, -0.1) is 0 Å². The molecule has 0 bridgehead atoms. The molecule has 0 aliphatic carbocycles. The van der Waals surface area contributed by atoms with Gasteiger partial charge in [-0.1, -0.05) is 0 Å². The van der Waals surface area contributed by atoms with Crippen LogP contribution >= 0.6 is 0 Å². The van der Waals surface area contributed by atoms with Crippen LogP contribution in [0, 0.1) is 0 Å². The molecule has 0 aliphatic heterocycles. The van der Waals surface area contributed by atoms with Crippen LogP contribution in [0.3, 0.4) is 0 Å². The van der Waals surface area contributed by atoms with Gasteiger partial charge < -0.3 is 5.73 Å². The Morgan fingerprint density at radius 3 is 2.18 bits per heavy atom. The lowest BCUT2D eigenvalue weighted by molar-refractivity contribution is 0.0194. The van der Waals surface area contributed by atoms with Crippen molar-refractivity contribution in [3.05, 3.63) is 0 Å². The molecule has 0 spiro atoms. The van der Waals surface area contributed by atoms with E-state index in [4.69, 9.17) is 5.73 Å². The Hall–Kier alpha value is -0.230. The van der Waals surface area contributed by atoms with E-state index < -0.39 is 27.9 Å². The van der Waals surface area contributed by atoms with Gasteiger partial charge in [0, 0.05) is 12.7 Å². The number of rotatable bonds is 4. The summed E-state index contributed by atoms with van der Waals surface area (Å²) in [5.74, 6) is -4.29. The van der Waals surface area contributed by atoms with Gasteiger partial charge in [0.15, 0.2) is 9.84 Å². The van der Waals surface area contributed by atoms with Gasteiger partial charge >= 0.3 is 0 Å². The van der Waals surface area contributed by atoms with E-state index in [1.807, 2.05) is 0 Å². The zero-order valence-electron chi connectivity index (χ0n) is 6.18. The fraction of sp³-hybridized carbons (Fsp3) is 1.00. The summed E-state index contributed by atoms with van der Waals surface area (Å²) >= 11 is 0. The monoisotopic (exact) mass is 187 g/mol. The van der Waals surface area contributed by atoms with Gasteiger partial charge in [-0.2, -0.15) is 0 Å². The first-order chi connectivity index (χ1) is 4.77. The highest BCUT2D eigenvalue weighted by atomic mass is 32.2. The van der Waals surface area contributed by atoms with Crippen LogP contribution in [0.2, 0.25) is 0 Å². The second-order valence-corrected chi connectivity index (χ2v) is 4.60. The maximum Gasteiger partial charge on any atom is 0.263 e. The van der Waals surface area contributed by atoms with E-state index in [1.165, 1.54) is 0 Å². The lowest BCUT2D eigenvalue weighted by Crippen LogP contribution is -2.29. The van der Waals surface area contributed by atoms with Crippen molar-refractivity contribution >= 4 is 9.84 Å². The van der Waals surface area contributed by atoms with Gasteiger partial charge in [-0.05, 0) is 6.54 Å². The molecule has 0 atom stereocenters. The molecular weight excluding hydrogens is 176 g/mol. The Morgan fingerprint density at radius 1 is 1.45 bits per heavy atom. The molecule has 0 aromatic rings. The smallest absolute Gasteiger partial charge is 0.263 e. The predicted molar refractivity (Wildman–Crippen MR) is 38.3 cm³/mol. The van der Waals surface area contributed by atoms with Crippen molar-refractivity contribution in [3.8, 4) is 0 Å². The Kier molecular flexibility index (Phi) is 3.37. The summed E-state index contributed by atoms with van der Waals surface area (Å²) in [6.07, 6.45) is 0.192. The normalized spacial score (nSPS) is 13.5. The molecule has 6 heteroatoms. The topological polar surface area (TPSA) is 60.2 Å². The third kappa shape index (κ3) is 6.18.